The molecule has 19 heavy (non-hydrogen) atoms. The molecule has 1 aliphatic carbocycles. The highest BCUT2D eigenvalue weighted by molar-refractivity contribution is 7.14. The van der Waals surface area contributed by atoms with Crippen LogP contribution < -0.4 is 5.32 Å². The van der Waals surface area contributed by atoms with Gasteiger partial charge in [0.15, 0.2) is 5.78 Å². The summed E-state index contributed by atoms with van der Waals surface area (Å²) in [6.07, 6.45) is 2.30. The summed E-state index contributed by atoms with van der Waals surface area (Å²) >= 11 is 1.28. The van der Waals surface area contributed by atoms with Crippen LogP contribution in [0, 0.1) is 6.92 Å². The fraction of sp³-hybridized carbons (Fsp3) is 0.462. The Labute approximate surface area is 116 Å². The molecule has 0 spiro atoms. The zero-order chi connectivity index (χ0) is 14.0. The van der Waals surface area contributed by atoms with Crippen LogP contribution in [0.4, 0.5) is 0 Å². The van der Waals surface area contributed by atoms with Crippen molar-refractivity contribution in [3.63, 3.8) is 0 Å². The van der Waals surface area contributed by atoms with Gasteiger partial charge in [0.2, 0.25) is 5.78 Å². The molecule has 102 valence electrons. The molecule has 5 nitrogen and oxygen atoms in total. The molecule has 0 saturated carbocycles. The number of aryl methyl sites for hydroxylation is 1. The van der Waals surface area contributed by atoms with Crippen LogP contribution in [0.2, 0.25) is 0 Å². The van der Waals surface area contributed by atoms with Crippen molar-refractivity contribution in [2.45, 2.75) is 13.3 Å². The Bertz CT molecular complexity index is 546. The van der Waals surface area contributed by atoms with E-state index in [1.807, 2.05) is 14.1 Å². The number of aromatic nitrogens is 1. The van der Waals surface area contributed by atoms with Crippen molar-refractivity contribution in [3.8, 4) is 0 Å². The van der Waals surface area contributed by atoms with E-state index in [0.717, 1.165) is 18.0 Å². The fourth-order valence-electron chi connectivity index (χ4n) is 1.89. The minimum absolute atomic E-state index is 0.129. The van der Waals surface area contributed by atoms with Gasteiger partial charge in [0, 0.05) is 12.6 Å². The van der Waals surface area contributed by atoms with E-state index in [1.165, 1.54) is 17.4 Å². The molecular formula is C13H17N3O2S. The second-order valence-corrected chi connectivity index (χ2v) is 5.95. The van der Waals surface area contributed by atoms with Gasteiger partial charge in [-0.2, -0.15) is 0 Å². The maximum Gasteiger partial charge on any atom is 0.228 e. The Morgan fingerprint density at radius 3 is 2.79 bits per heavy atom. The van der Waals surface area contributed by atoms with E-state index in [9.17, 15) is 9.59 Å². The number of carbonyl (C=O) groups excluding carboxylic acids is 2. The number of Topliss-reactive ketones (excluding diaryl/α,β-unsaturated/α-hetero) is 1. The van der Waals surface area contributed by atoms with Crippen LogP contribution in [0.3, 0.4) is 0 Å². The zero-order valence-electron chi connectivity index (χ0n) is 11.3. The van der Waals surface area contributed by atoms with Gasteiger partial charge in [0.25, 0.3) is 0 Å². The van der Waals surface area contributed by atoms with Crippen molar-refractivity contribution in [1.29, 1.82) is 0 Å². The van der Waals surface area contributed by atoms with Gasteiger partial charge in [0.05, 0.1) is 10.7 Å². The van der Waals surface area contributed by atoms with Gasteiger partial charge in [-0.25, -0.2) is 4.98 Å². The summed E-state index contributed by atoms with van der Waals surface area (Å²) in [5.41, 5.74) is 0.659. The maximum absolute atomic E-state index is 12.2. The van der Waals surface area contributed by atoms with Crippen molar-refractivity contribution in [2.75, 3.05) is 27.2 Å². The third-order valence-electron chi connectivity index (χ3n) is 2.79. The molecule has 1 aromatic heterocycles. The highest BCUT2D eigenvalue weighted by Crippen LogP contribution is 2.25. The number of rotatable bonds is 5. The lowest BCUT2D eigenvalue weighted by Crippen LogP contribution is -2.28. The van der Waals surface area contributed by atoms with Gasteiger partial charge >= 0.3 is 0 Å². The maximum atomic E-state index is 12.2. The molecule has 2 rings (SSSR count). The van der Waals surface area contributed by atoms with Crippen LogP contribution in [0.25, 0.3) is 0 Å². The van der Waals surface area contributed by atoms with Gasteiger partial charge in [-0.15, -0.1) is 11.3 Å². The molecule has 0 fully saturated rings. The minimum Gasteiger partial charge on any atom is -0.382 e. The molecule has 1 heterocycles. The summed E-state index contributed by atoms with van der Waals surface area (Å²) in [4.78, 5) is 30.7. The van der Waals surface area contributed by atoms with Crippen LogP contribution in [0.1, 0.15) is 31.6 Å². The number of carbonyl (C=O) groups is 2. The number of fused-ring (bicyclic) bond motifs is 1. The average Bonchev–Trinajstić information content (AvgIpc) is 2.73. The second-order valence-electron chi connectivity index (χ2n) is 4.75. The first-order chi connectivity index (χ1) is 8.99. The smallest absolute Gasteiger partial charge is 0.228 e. The van der Waals surface area contributed by atoms with Crippen LogP contribution in [0.15, 0.2) is 11.8 Å². The summed E-state index contributed by atoms with van der Waals surface area (Å²) in [7, 11) is 4.00. The molecule has 0 amide bonds. The molecule has 1 aromatic rings. The third kappa shape index (κ3) is 3.08. The zero-order valence-corrected chi connectivity index (χ0v) is 12.1. The van der Waals surface area contributed by atoms with E-state index in [0.29, 0.717) is 22.8 Å². The molecule has 6 heteroatoms. The normalized spacial score (nSPS) is 14.6. The largest absolute Gasteiger partial charge is 0.382 e. The first-order valence-electron chi connectivity index (χ1n) is 6.16. The van der Waals surface area contributed by atoms with Gasteiger partial charge in [0.1, 0.15) is 10.6 Å². The quantitative estimate of drug-likeness (QED) is 0.822. The number of thiazole rings is 1. The SMILES string of the molecule is Cc1nc2c(s1)C(=O)C=C(NCCCN(C)C)C2=O. The second kappa shape index (κ2) is 5.63. The predicted octanol–water partition coefficient (Wildman–Crippen LogP) is 1.26. The summed E-state index contributed by atoms with van der Waals surface area (Å²) in [5, 5.41) is 3.78. The Morgan fingerprint density at radius 2 is 2.11 bits per heavy atom. The molecule has 0 aliphatic heterocycles. The third-order valence-corrected chi connectivity index (χ3v) is 3.78. The highest BCUT2D eigenvalue weighted by atomic mass is 32.1. The minimum atomic E-state index is -0.177. The summed E-state index contributed by atoms with van der Waals surface area (Å²) in [5.74, 6) is -0.306. The summed E-state index contributed by atoms with van der Waals surface area (Å²) < 4.78 is 0. The van der Waals surface area contributed by atoms with Crippen molar-refractivity contribution < 1.29 is 9.59 Å². The predicted molar refractivity (Wildman–Crippen MR) is 74.8 cm³/mol. The van der Waals surface area contributed by atoms with Gasteiger partial charge < -0.3 is 10.2 Å². The van der Waals surface area contributed by atoms with Crippen molar-refractivity contribution >= 4 is 22.9 Å². The number of allylic oxidation sites excluding steroid dienone is 2. The van der Waals surface area contributed by atoms with Gasteiger partial charge in [-0.3, -0.25) is 9.59 Å². The van der Waals surface area contributed by atoms with Crippen molar-refractivity contribution in [2.24, 2.45) is 0 Å². The van der Waals surface area contributed by atoms with Crippen LogP contribution in [-0.2, 0) is 0 Å². The van der Waals surface area contributed by atoms with E-state index >= 15 is 0 Å². The molecule has 0 radical (unpaired) electrons. The lowest BCUT2D eigenvalue weighted by Gasteiger charge is -2.14. The lowest BCUT2D eigenvalue weighted by molar-refractivity contribution is 0.0977. The Kier molecular flexibility index (Phi) is 4.11. The topological polar surface area (TPSA) is 62.3 Å². The van der Waals surface area contributed by atoms with Crippen LogP contribution >= 0.6 is 11.3 Å². The first kappa shape index (κ1) is 13.9. The molecule has 1 aliphatic rings. The van der Waals surface area contributed by atoms with Crippen LogP contribution in [-0.4, -0.2) is 48.6 Å². The number of hydrogen-bond donors (Lipinski definition) is 1. The van der Waals surface area contributed by atoms with Crippen molar-refractivity contribution in [3.05, 3.63) is 27.4 Å². The Balaban J connectivity index is 2.03. The lowest BCUT2D eigenvalue weighted by atomic mass is 10.0. The van der Waals surface area contributed by atoms with Gasteiger partial charge in [-0.1, -0.05) is 0 Å². The van der Waals surface area contributed by atoms with Crippen molar-refractivity contribution in [1.82, 2.24) is 15.2 Å². The first-order valence-corrected chi connectivity index (χ1v) is 6.97. The summed E-state index contributed by atoms with van der Waals surface area (Å²) in [6, 6.07) is 0. The van der Waals surface area contributed by atoms with Gasteiger partial charge in [-0.05, 0) is 34.0 Å². The molecule has 0 bridgehead atoms. The standard InChI is InChI=1S/C13H17N3O2S/c1-8-15-11-12(18)9(7-10(17)13(11)19-8)14-5-4-6-16(2)3/h7,14H,4-6H2,1-3H3. The average molecular weight is 279 g/mol. The van der Waals surface area contributed by atoms with Crippen LogP contribution in [0.5, 0.6) is 0 Å². The molecule has 0 aromatic carbocycles. The molecule has 0 unspecified atom stereocenters. The number of nitrogens with one attached hydrogen (secondary N) is 1. The fourth-order valence-corrected chi connectivity index (χ4v) is 2.71. The van der Waals surface area contributed by atoms with E-state index in [1.54, 1.807) is 6.92 Å². The number of hydrogen-bond acceptors (Lipinski definition) is 6. The highest BCUT2D eigenvalue weighted by Gasteiger charge is 2.29. The molecular weight excluding hydrogens is 262 g/mol. The monoisotopic (exact) mass is 279 g/mol. The molecule has 0 atom stereocenters. The number of nitrogens with zero attached hydrogens (tertiary/aromatic N) is 2. The molecule has 0 saturated heterocycles. The number of ketones is 2. The van der Waals surface area contributed by atoms with E-state index in [-0.39, 0.29) is 11.6 Å². The van der Waals surface area contributed by atoms with E-state index < -0.39 is 0 Å². The Morgan fingerprint density at radius 1 is 1.37 bits per heavy atom. The molecule has 1 N–H and O–H groups in total. The van der Waals surface area contributed by atoms with E-state index in [2.05, 4.69) is 15.2 Å². The summed E-state index contributed by atoms with van der Waals surface area (Å²) in [6.45, 7) is 3.40. The van der Waals surface area contributed by atoms with E-state index in [4.69, 9.17) is 0 Å². The Hall–Kier alpha value is -1.53.